The van der Waals surface area contributed by atoms with Gasteiger partial charge in [-0.25, -0.2) is 8.78 Å². The summed E-state index contributed by atoms with van der Waals surface area (Å²) >= 11 is 0. The summed E-state index contributed by atoms with van der Waals surface area (Å²) in [5.74, 6) is -3.38. The van der Waals surface area contributed by atoms with E-state index in [4.69, 9.17) is 0 Å². The van der Waals surface area contributed by atoms with Gasteiger partial charge in [0.2, 0.25) is 5.91 Å². The molecule has 3 rings (SSSR count). The van der Waals surface area contributed by atoms with E-state index >= 15 is 0 Å². The number of aromatic hydroxyl groups is 2. The molecule has 0 bridgehead atoms. The second kappa shape index (κ2) is 8.87. The lowest BCUT2D eigenvalue weighted by molar-refractivity contribution is -0.111. The molecular formula is C22H16F2N2O4. The molecular weight excluding hydrogens is 394 g/mol. The topological polar surface area (TPSA) is 98.7 Å². The average molecular weight is 410 g/mol. The van der Waals surface area contributed by atoms with E-state index in [2.05, 4.69) is 10.6 Å². The molecule has 0 radical (unpaired) electrons. The quantitative estimate of drug-likeness (QED) is 0.373. The van der Waals surface area contributed by atoms with Gasteiger partial charge in [0.25, 0.3) is 5.91 Å². The number of hydrogen-bond acceptors (Lipinski definition) is 4. The minimum Gasteiger partial charge on any atom is -0.508 e. The zero-order valence-corrected chi connectivity index (χ0v) is 15.4. The van der Waals surface area contributed by atoms with Crippen molar-refractivity contribution in [3.63, 3.8) is 0 Å². The van der Waals surface area contributed by atoms with Gasteiger partial charge in [-0.05, 0) is 66.7 Å². The monoisotopic (exact) mass is 410 g/mol. The van der Waals surface area contributed by atoms with Crippen molar-refractivity contribution in [2.75, 3.05) is 10.6 Å². The molecule has 2 amide bonds. The van der Waals surface area contributed by atoms with Crippen LogP contribution in [0.1, 0.15) is 15.9 Å². The highest BCUT2D eigenvalue weighted by molar-refractivity contribution is 6.05. The van der Waals surface area contributed by atoms with Crippen LogP contribution >= 0.6 is 0 Å². The number of hydrogen-bond donors (Lipinski definition) is 4. The van der Waals surface area contributed by atoms with E-state index in [9.17, 15) is 28.6 Å². The summed E-state index contributed by atoms with van der Waals surface area (Å²) in [5, 5.41) is 24.2. The summed E-state index contributed by atoms with van der Waals surface area (Å²) in [4.78, 5) is 24.1. The van der Waals surface area contributed by atoms with Gasteiger partial charge in [0.05, 0.1) is 0 Å². The number of halogens is 2. The zero-order valence-electron chi connectivity index (χ0n) is 15.4. The lowest BCUT2D eigenvalue weighted by atomic mass is 10.1. The van der Waals surface area contributed by atoms with Crippen molar-refractivity contribution in [1.82, 2.24) is 0 Å². The first-order valence-corrected chi connectivity index (χ1v) is 8.69. The van der Waals surface area contributed by atoms with Gasteiger partial charge >= 0.3 is 0 Å². The van der Waals surface area contributed by atoms with Gasteiger partial charge < -0.3 is 20.8 Å². The van der Waals surface area contributed by atoms with E-state index in [1.165, 1.54) is 48.6 Å². The van der Waals surface area contributed by atoms with Crippen molar-refractivity contribution in [1.29, 1.82) is 0 Å². The highest BCUT2D eigenvalue weighted by Gasteiger charge is 2.10. The Balaban J connectivity index is 1.60. The fraction of sp³-hybridized carbons (Fsp3) is 0. The molecule has 3 aromatic rings. The van der Waals surface area contributed by atoms with Crippen molar-refractivity contribution in [3.05, 3.63) is 89.5 Å². The second-order valence-electron chi connectivity index (χ2n) is 6.23. The number of nitrogens with one attached hydrogen (secondary N) is 2. The van der Waals surface area contributed by atoms with Crippen LogP contribution in [-0.4, -0.2) is 22.0 Å². The van der Waals surface area contributed by atoms with Gasteiger partial charge in [-0.3, -0.25) is 9.59 Å². The summed E-state index contributed by atoms with van der Waals surface area (Å²) in [5.41, 5.74) is 1.07. The third-order valence-corrected chi connectivity index (χ3v) is 4.02. The van der Waals surface area contributed by atoms with Crippen molar-refractivity contribution in [2.24, 2.45) is 0 Å². The Morgan fingerprint density at radius 3 is 2.13 bits per heavy atom. The Morgan fingerprint density at radius 1 is 0.800 bits per heavy atom. The highest BCUT2D eigenvalue weighted by Crippen LogP contribution is 2.23. The Labute approximate surface area is 170 Å². The highest BCUT2D eigenvalue weighted by atomic mass is 19.2. The van der Waals surface area contributed by atoms with Gasteiger partial charge in [0.1, 0.15) is 11.5 Å². The first-order valence-electron chi connectivity index (χ1n) is 8.69. The molecule has 152 valence electrons. The molecule has 0 unspecified atom stereocenters. The number of rotatable bonds is 5. The van der Waals surface area contributed by atoms with Crippen molar-refractivity contribution >= 4 is 29.3 Å². The Bertz CT molecular complexity index is 1130. The minimum absolute atomic E-state index is 0.0355. The molecule has 30 heavy (non-hydrogen) atoms. The second-order valence-corrected chi connectivity index (χ2v) is 6.23. The number of carbonyl (C=O) groups is 2. The van der Waals surface area contributed by atoms with Crippen LogP contribution in [-0.2, 0) is 4.79 Å². The Kier molecular flexibility index (Phi) is 6.07. The van der Waals surface area contributed by atoms with E-state index in [1.807, 2.05) is 0 Å². The number of benzene rings is 3. The average Bonchev–Trinajstić information content (AvgIpc) is 2.72. The third-order valence-electron chi connectivity index (χ3n) is 4.02. The molecule has 4 N–H and O–H groups in total. The molecule has 0 spiro atoms. The number of anilines is 2. The zero-order chi connectivity index (χ0) is 21.7. The van der Waals surface area contributed by atoms with Crippen LogP contribution in [0, 0.1) is 11.6 Å². The number of carbonyl (C=O) groups excluding carboxylic acids is 2. The maximum absolute atomic E-state index is 13.2. The number of amides is 2. The van der Waals surface area contributed by atoms with Gasteiger partial charge in [-0.2, -0.15) is 0 Å². The minimum atomic E-state index is -1.12. The lowest BCUT2D eigenvalue weighted by Crippen LogP contribution is -2.12. The van der Waals surface area contributed by atoms with Crippen LogP contribution in [0.3, 0.4) is 0 Å². The SMILES string of the molecule is O=C(C=Cc1cc(O)ccc1O)Nc1ccc(NC(=O)c2ccc(F)c(F)c2)cc1. The molecule has 0 aliphatic rings. The van der Waals surface area contributed by atoms with Gasteiger partial charge in [0.15, 0.2) is 11.6 Å². The Morgan fingerprint density at radius 2 is 1.47 bits per heavy atom. The largest absolute Gasteiger partial charge is 0.508 e. The molecule has 0 aliphatic heterocycles. The van der Waals surface area contributed by atoms with Crippen molar-refractivity contribution in [2.45, 2.75) is 0 Å². The normalized spacial score (nSPS) is 10.7. The molecule has 6 nitrogen and oxygen atoms in total. The summed E-state index contributed by atoms with van der Waals surface area (Å²) in [7, 11) is 0. The van der Waals surface area contributed by atoms with E-state index in [-0.39, 0.29) is 22.6 Å². The van der Waals surface area contributed by atoms with Crippen LogP contribution in [0.4, 0.5) is 20.2 Å². The molecule has 0 fully saturated rings. The predicted octanol–water partition coefficient (Wildman–Crippen LogP) is 4.28. The summed E-state index contributed by atoms with van der Waals surface area (Å²) in [6.45, 7) is 0. The van der Waals surface area contributed by atoms with Crippen LogP contribution in [0.25, 0.3) is 6.08 Å². The molecule has 0 saturated heterocycles. The molecule has 3 aromatic carbocycles. The molecule has 0 saturated carbocycles. The summed E-state index contributed by atoms with van der Waals surface area (Å²) in [6, 6.07) is 12.9. The summed E-state index contributed by atoms with van der Waals surface area (Å²) in [6.07, 6.45) is 2.54. The summed E-state index contributed by atoms with van der Waals surface area (Å²) < 4.78 is 26.2. The van der Waals surface area contributed by atoms with Gasteiger partial charge in [-0.1, -0.05) is 0 Å². The maximum atomic E-state index is 13.2. The smallest absolute Gasteiger partial charge is 0.255 e. The van der Waals surface area contributed by atoms with Gasteiger partial charge in [-0.15, -0.1) is 0 Å². The first kappa shape index (κ1) is 20.5. The first-order chi connectivity index (χ1) is 14.3. The molecule has 0 aromatic heterocycles. The molecule has 0 aliphatic carbocycles. The van der Waals surface area contributed by atoms with Crippen LogP contribution in [0.5, 0.6) is 11.5 Å². The molecule has 0 atom stereocenters. The van der Waals surface area contributed by atoms with Crippen molar-refractivity contribution < 1.29 is 28.6 Å². The van der Waals surface area contributed by atoms with Gasteiger partial charge in [0, 0.05) is 28.6 Å². The Hall–Kier alpha value is -4.20. The fourth-order valence-electron chi connectivity index (χ4n) is 2.50. The third kappa shape index (κ3) is 5.20. The van der Waals surface area contributed by atoms with E-state index < -0.39 is 23.4 Å². The lowest BCUT2D eigenvalue weighted by Gasteiger charge is -2.07. The number of phenolic OH excluding ortho intramolecular Hbond substituents is 2. The van der Waals surface area contributed by atoms with E-state index in [1.54, 1.807) is 12.1 Å². The predicted molar refractivity (Wildman–Crippen MR) is 108 cm³/mol. The van der Waals surface area contributed by atoms with Crippen LogP contribution in [0.2, 0.25) is 0 Å². The number of phenols is 2. The van der Waals surface area contributed by atoms with Crippen molar-refractivity contribution in [3.8, 4) is 11.5 Å². The van der Waals surface area contributed by atoms with Crippen LogP contribution < -0.4 is 10.6 Å². The maximum Gasteiger partial charge on any atom is 0.255 e. The molecule has 8 heteroatoms. The van der Waals surface area contributed by atoms with Crippen LogP contribution in [0.15, 0.2) is 66.7 Å². The molecule has 0 heterocycles. The fourth-order valence-corrected chi connectivity index (χ4v) is 2.50. The van der Waals surface area contributed by atoms with E-state index in [0.717, 1.165) is 12.1 Å². The van der Waals surface area contributed by atoms with E-state index in [0.29, 0.717) is 11.4 Å². The standard InChI is InChI=1S/C22H16F2N2O4/c23-18-8-1-14(12-19(18)24)22(30)26-16-5-3-15(4-6-16)25-21(29)10-2-13-11-17(27)7-9-20(13)28/h1-12,27-28H,(H,25,29)(H,26,30).